The minimum atomic E-state index is -0.506. The van der Waals surface area contributed by atoms with Gasteiger partial charge in [0, 0.05) is 13.1 Å². The van der Waals surface area contributed by atoms with Gasteiger partial charge in [-0.1, -0.05) is 24.3 Å². The first-order valence-corrected chi connectivity index (χ1v) is 9.70. The molecule has 0 bridgehead atoms. The maximum Gasteiger partial charge on any atom is 0.313 e. The van der Waals surface area contributed by atoms with Gasteiger partial charge in [0.15, 0.2) is 6.61 Å². The number of esters is 1. The zero-order chi connectivity index (χ0) is 21.0. The Hall–Kier alpha value is -3.09. The molecule has 2 atom stereocenters. The summed E-state index contributed by atoms with van der Waals surface area (Å²) in [5, 5.41) is 2.00. The first kappa shape index (κ1) is 20.6. The number of hydrogen-bond acceptors (Lipinski definition) is 5. The smallest absolute Gasteiger partial charge is 0.313 e. The van der Waals surface area contributed by atoms with Crippen molar-refractivity contribution in [1.82, 2.24) is 4.90 Å². The van der Waals surface area contributed by atoms with Crippen molar-refractivity contribution in [3.63, 3.8) is 0 Å². The molecule has 2 aromatic rings. The number of carbonyl (C=O) groups is 3. The van der Waals surface area contributed by atoms with Gasteiger partial charge in [0.05, 0.1) is 18.9 Å². The van der Waals surface area contributed by atoms with Crippen LogP contribution in [0.4, 0.5) is 0 Å². The summed E-state index contributed by atoms with van der Waals surface area (Å²) in [4.78, 5) is 37.7. The van der Waals surface area contributed by atoms with Gasteiger partial charge in [0.1, 0.15) is 5.75 Å². The number of carbonyl (C=O) groups excluding carboxylic acids is 3. The number of methoxy groups -OCH3 is 1. The van der Waals surface area contributed by atoms with Crippen LogP contribution in [0.15, 0.2) is 36.4 Å². The van der Waals surface area contributed by atoms with Crippen LogP contribution in [0.25, 0.3) is 10.8 Å². The average molecular weight is 398 g/mol. The summed E-state index contributed by atoms with van der Waals surface area (Å²) < 4.78 is 10.5. The van der Waals surface area contributed by atoms with Crippen LogP contribution >= 0.6 is 0 Å². The number of likely N-dealkylation sites (tertiary alicyclic amines) is 1. The second kappa shape index (κ2) is 8.94. The van der Waals surface area contributed by atoms with Crippen molar-refractivity contribution in [1.29, 1.82) is 0 Å². The molecule has 2 N–H and O–H groups in total. The van der Waals surface area contributed by atoms with Crippen LogP contribution in [-0.4, -0.2) is 49.5 Å². The first-order valence-electron chi connectivity index (χ1n) is 9.70. The molecule has 1 heterocycles. The predicted molar refractivity (Wildman–Crippen MR) is 108 cm³/mol. The Kier molecular flexibility index (Phi) is 6.36. The van der Waals surface area contributed by atoms with Crippen molar-refractivity contribution >= 4 is 28.6 Å². The summed E-state index contributed by atoms with van der Waals surface area (Å²) in [7, 11) is 1.62. The molecular formula is C22H26N2O5. The van der Waals surface area contributed by atoms with Crippen LogP contribution < -0.4 is 10.5 Å². The van der Waals surface area contributed by atoms with E-state index in [1.807, 2.05) is 36.4 Å². The largest absolute Gasteiger partial charge is 0.497 e. The highest BCUT2D eigenvalue weighted by molar-refractivity contribution is 5.88. The molecule has 7 heteroatoms. The van der Waals surface area contributed by atoms with E-state index in [4.69, 9.17) is 15.2 Å². The quantitative estimate of drug-likeness (QED) is 0.752. The number of primary amides is 1. The van der Waals surface area contributed by atoms with Gasteiger partial charge < -0.3 is 20.1 Å². The second-order valence-corrected chi connectivity index (χ2v) is 7.38. The third-order valence-corrected chi connectivity index (χ3v) is 5.44. The molecule has 7 nitrogen and oxygen atoms in total. The molecule has 0 aliphatic carbocycles. The van der Waals surface area contributed by atoms with Crippen molar-refractivity contribution in [2.75, 3.05) is 26.8 Å². The number of benzene rings is 2. The number of nitrogens with zero attached hydrogens (tertiary/aromatic N) is 1. The Balaban J connectivity index is 1.59. The van der Waals surface area contributed by atoms with Crippen molar-refractivity contribution in [2.24, 2.45) is 11.7 Å². The van der Waals surface area contributed by atoms with Crippen LogP contribution in [0.1, 0.15) is 31.2 Å². The van der Waals surface area contributed by atoms with Crippen LogP contribution in [0.2, 0.25) is 0 Å². The molecule has 2 aromatic carbocycles. The highest BCUT2D eigenvalue weighted by atomic mass is 16.5. The topological polar surface area (TPSA) is 98.9 Å². The van der Waals surface area contributed by atoms with E-state index in [1.165, 1.54) is 0 Å². The summed E-state index contributed by atoms with van der Waals surface area (Å²) in [5.74, 6) is -1.24. The predicted octanol–water partition coefficient (Wildman–Crippen LogP) is 2.22. The zero-order valence-corrected chi connectivity index (χ0v) is 16.7. The number of rotatable bonds is 6. The maximum absolute atomic E-state index is 12.5. The standard InChI is InChI=1S/C22H26N2O5/c1-14(15-5-6-17-11-19(28-2)8-7-16(17)10-15)22(27)29-13-20(25)24-9-3-4-18(12-24)21(23)26/h5-8,10-11,14,18H,3-4,9,12-13H2,1-2H3,(H2,23,26)/t14-,18+/m0/s1. The third-order valence-electron chi connectivity index (χ3n) is 5.44. The first-order chi connectivity index (χ1) is 13.9. The maximum atomic E-state index is 12.5. The van der Waals surface area contributed by atoms with Gasteiger partial charge in [-0.15, -0.1) is 0 Å². The van der Waals surface area contributed by atoms with E-state index in [2.05, 4.69) is 0 Å². The third kappa shape index (κ3) is 4.85. The van der Waals surface area contributed by atoms with Gasteiger partial charge in [-0.3, -0.25) is 14.4 Å². The lowest BCUT2D eigenvalue weighted by atomic mass is 9.97. The number of nitrogens with two attached hydrogens (primary N) is 1. The number of ether oxygens (including phenoxy) is 2. The minimum absolute atomic E-state index is 0.287. The van der Waals surface area contributed by atoms with E-state index in [9.17, 15) is 14.4 Å². The summed E-state index contributed by atoms with van der Waals surface area (Å²) in [6.45, 7) is 2.25. The monoisotopic (exact) mass is 398 g/mol. The van der Waals surface area contributed by atoms with Crippen molar-refractivity contribution in [3.8, 4) is 5.75 Å². The Morgan fingerprint density at radius 1 is 1.17 bits per heavy atom. The van der Waals surface area contributed by atoms with Crippen molar-refractivity contribution in [3.05, 3.63) is 42.0 Å². The lowest BCUT2D eigenvalue weighted by Gasteiger charge is -2.31. The summed E-state index contributed by atoms with van der Waals surface area (Å²) >= 11 is 0. The molecule has 0 unspecified atom stereocenters. The molecule has 1 aliphatic rings. The fraction of sp³-hybridized carbons (Fsp3) is 0.409. The molecule has 2 amide bonds. The van der Waals surface area contributed by atoms with Gasteiger partial charge in [0.2, 0.25) is 5.91 Å². The normalized spacial score (nSPS) is 17.6. The number of hydrogen-bond donors (Lipinski definition) is 1. The molecule has 1 saturated heterocycles. The molecule has 0 aromatic heterocycles. The fourth-order valence-corrected chi connectivity index (χ4v) is 3.56. The highest BCUT2D eigenvalue weighted by Crippen LogP contribution is 2.26. The molecular weight excluding hydrogens is 372 g/mol. The van der Waals surface area contributed by atoms with Crippen LogP contribution in [-0.2, 0) is 19.1 Å². The molecule has 0 spiro atoms. The van der Waals surface area contributed by atoms with E-state index in [1.54, 1.807) is 18.9 Å². The van der Waals surface area contributed by atoms with E-state index >= 15 is 0 Å². The fourth-order valence-electron chi connectivity index (χ4n) is 3.56. The number of amides is 2. The Morgan fingerprint density at radius 3 is 2.62 bits per heavy atom. The zero-order valence-electron chi connectivity index (χ0n) is 16.7. The van der Waals surface area contributed by atoms with Gasteiger partial charge in [0.25, 0.3) is 5.91 Å². The number of fused-ring (bicyclic) bond motifs is 1. The van der Waals surface area contributed by atoms with Crippen LogP contribution in [0.3, 0.4) is 0 Å². The van der Waals surface area contributed by atoms with Gasteiger partial charge in [-0.05, 0) is 48.2 Å². The lowest BCUT2D eigenvalue weighted by Crippen LogP contribution is -2.45. The average Bonchev–Trinajstić information content (AvgIpc) is 2.75. The van der Waals surface area contributed by atoms with Crippen LogP contribution in [0.5, 0.6) is 5.75 Å². The highest BCUT2D eigenvalue weighted by Gasteiger charge is 2.28. The molecule has 1 aliphatic heterocycles. The van der Waals surface area contributed by atoms with Gasteiger partial charge in [-0.25, -0.2) is 0 Å². The number of piperidine rings is 1. The molecule has 29 heavy (non-hydrogen) atoms. The second-order valence-electron chi connectivity index (χ2n) is 7.38. The summed E-state index contributed by atoms with van der Waals surface area (Å²) in [6, 6.07) is 11.5. The van der Waals surface area contributed by atoms with E-state index < -0.39 is 17.8 Å². The Labute approximate surface area is 169 Å². The van der Waals surface area contributed by atoms with Gasteiger partial charge in [-0.2, -0.15) is 0 Å². The molecule has 0 saturated carbocycles. The van der Waals surface area contributed by atoms with Crippen molar-refractivity contribution in [2.45, 2.75) is 25.7 Å². The molecule has 0 radical (unpaired) electrons. The summed E-state index contributed by atoms with van der Waals surface area (Å²) in [5.41, 5.74) is 6.15. The van der Waals surface area contributed by atoms with E-state index in [-0.39, 0.29) is 25.0 Å². The Bertz CT molecular complexity index is 927. The Morgan fingerprint density at radius 2 is 1.90 bits per heavy atom. The SMILES string of the molecule is COc1ccc2cc([C@H](C)C(=O)OCC(=O)N3CCC[C@@H](C(N)=O)C3)ccc2c1. The summed E-state index contributed by atoms with van der Waals surface area (Å²) in [6.07, 6.45) is 1.40. The van der Waals surface area contributed by atoms with Crippen molar-refractivity contribution < 1.29 is 23.9 Å². The molecule has 1 fully saturated rings. The molecule has 3 rings (SSSR count). The van der Waals surface area contributed by atoms with Gasteiger partial charge >= 0.3 is 5.97 Å². The van der Waals surface area contributed by atoms with E-state index in [0.717, 1.165) is 22.1 Å². The molecule has 154 valence electrons. The minimum Gasteiger partial charge on any atom is -0.497 e. The van der Waals surface area contributed by atoms with E-state index in [0.29, 0.717) is 19.4 Å². The lowest BCUT2D eigenvalue weighted by molar-refractivity contribution is -0.154. The van der Waals surface area contributed by atoms with Crippen LogP contribution in [0, 0.1) is 5.92 Å².